The molecule has 1 aliphatic rings. The molecule has 2 heterocycles. The molecule has 1 atom stereocenters. The van der Waals surface area contributed by atoms with Gasteiger partial charge in [-0.1, -0.05) is 24.3 Å². The summed E-state index contributed by atoms with van der Waals surface area (Å²) in [5.74, 6) is -0.200. The smallest absolute Gasteiger partial charge is 0.264 e. The Hall–Kier alpha value is -3.19. The Balaban J connectivity index is 1.57. The number of aromatic nitrogens is 1. The van der Waals surface area contributed by atoms with E-state index in [9.17, 15) is 13.2 Å². The van der Waals surface area contributed by atoms with Crippen molar-refractivity contribution in [3.8, 4) is 0 Å². The molecule has 1 aliphatic heterocycles. The third-order valence-corrected chi connectivity index (χ3v) is 6.91. The quantitative estimate of drug-likeness (QED) is 0.705. The van der Waals surface area contributed by atoms with Gasteiger partial charge in [0, 0.05) is 30.5 Å². The van der Waals surface area contributed by atoms with Crippen molar-refractivity contribution in [1.82, 2.24) is 10.3 Å². The van der Waals surface area contributed by atoms with E-state index >= 15 is 0 Å². The number of benzene rings is 2. The summed E-state index contributed by atoms with van der Waals surface area (Å²) >= 11 is 0. The highest BCUT2D eigenvalue weighted by Crippen LogP contribution is 2.37. The number of amides is 1. The first kappa shape index (κ1) is 19.1. The molecule has 0 radical (unpaired) electrons. The van der Waals surface area contributed by atoms with E-state index in [0.717, 1.165) is 11.1 Å². The second-order valence-corrected chi connectivity index (χ2v) is 8.87. The first-order valence-corrected chi connectivity index (χ1v) is 10.8. The van der Waals surface area contributed by atoms with Gasteiger partial charge in [0.25, 0.3) is 15.9 Å². The molecule has 148 valence electrons. The molecule has 0 fully saturated rings. The first-order chi connectivity index (χ1) is 14.0. The number of nitrogens with zero attached hydrogens (tertiary/aromatic N) is 2. The fourth-order valence-electron chi connectivity index (χ4n) is 3.60. The molecule has 1 amide bonds. The summed E-state index contributed by atoms with van der Waals surface area (Å²) < 4.78 is 27.7. The number of sulfonamides is 1. The highest BCUT2D eigenvalue weighted by molar-refractivity contribution is 7.92. The number of nitrogens with one attached hydrogen (secondary N) is 1. The number of carbonyl (C=O) groups excluding carboxylic acids is 1. The Morgan fingerprint density at radius 1 is 1.14 bits per heavy atom. The Kier molecular flexibility index (Phi) is 5.07. The maximum atomic E-state index is 13.1. The molecule has 0 aliphatic carbocycles. The van der Waals surface area contributed by atoms with Crippen LogP contribution < -0.4 is 9.62 Å². The molecule has 1 aromatic heterocycles. The third kappa shape index (κ3) is 3.73. The van der Waals surface area contributed by atoms with Crippen LogP contribution in [-0.4, -0.2) is 25.4 Å². The lowest BCUT2D eigenvalue weighted by Gasteiger charge is -2.24. The van der Waals surface area contributed by atoms with Crippen molar-refractivity contribution in [2.24, 2.45) is 0 Å². The molecular weight excluding hydrogens is 386 g/mol. The van der Waals surface area contributed by atoms with E-state index in [-0.39, 0.29) is 16.8 Å². The van der Waals surface area contributed by atoms with Crippen molar-refractivity contribution >= 4 is 21.6 Å². The van der Waals surface area contributed by atoms with Gasteiger partial charge in [0.05, 0.1) is 10.6 Å². The number of fused-ring (bicyclic) bond motifs is 1. The summed E-state index contributed by atoms with van der Waals surface area (Å²) in [6.45, 7) is 2.26. The molecule has 3 aromatic rings. The van der Waals surface area contributed by atoms with Crippen LogP contribution in [-0.2, 0) is 23.0 Å². The molecule has 7 heteroatoms. The normalized spacial score (nSPS) is 15.8. The summed E-state index contributed by atoms with van der Waals surface area (Å²) in [4.78, 5) is 16.8. The van der Waals surface area contributed by atoms with Crippen molar-refractivity contribution in [3.63, 3.8) is 0 Å². The van der Waals surface area contributed by atoms with E-state index in [1.54, 1.807) is 60.9 Å². The van der Waals surface area contributed by atoms with Gasteiger partial charge >= 0.3 is 0 Å². The number of rotatable bonds is 5. The molecule has 0 saturated carbocycles. The van der Waals surface area contributed by atoms with Gasteiger partial charge in [0.15, 0.2) is 0 Å². The Labute approximate surface area is 170 Å². The van der Waals surface area contributed by atoms with E-state index in [2.05, 4.69) is 10.3 Å². The van der Waals surface area contributed by atoms with E-state index < -0.39 is 10.0 Å². The molecule has 0 bridgehead atoms. The monoisotopic (exact) mass is 407 g/mol. The summed E-state index contributed by atoms with van der Waals surface area (Å²) in [6.07, 6.45) is 3.95. The number of pyridine rings is 1. The molecule has 2 aromatic carbocycles. The molecular formula is C22H21N3O3S. The lowest BCUT2D eigenvalue weighted by Crippen LogP contribution is -2.35. The maximum Gasteiger partial charge on any atom is 0.264 e. The number of anilines is 1. The van der Waals surface area contributed by atoms with Gasteiger partial charge in [-0.3, -0.25) is 14.1 Å². The zero-order chi connectivity index (χ0) is 20.4. The summed E-state index contributed by atoms with van der Waals surface area (Å²) in [5, 5.41) is 2.87. The lowest BCUT2D eigenvalue weighted by molar-refractivity contribution is 0.0951. The predicted molar refractivity (Wildman–Crippen MR) is 111 cm³/mol. The predicted octanol–water partition coefficient (Wildman–Crippen LogP) is 3.15. The second kappa shape index (κ2) is 7.67. The largest absolute Gasteiger partial charge is 0.348 e. The Bertz CT molecular complexity index is 1130. The van der Waals surface area contributed by atoms with Crippen LogP contribution >= 0.6 is 0 Å². The minimum atomic E-state index is -3.65. The lowest BCUT2D eigenvalue weighted by atomic mass is 10.1. The zero-order valence-corrected chi connectivity index (χ0v) is 16.8. The SMILES string of the molecule is C[C@H]1Cc2cc(C(=O)NCc3cccnc3)ccc2N1S(=O)(=O)c1ccccc1. The second-order valence-electron chi connectivity index (χ2n) is 7.05. The van der Waals surface area contributed by atoms with Crippen molar-refractivity contribution in [2.75, 3.05) is 4.31 Å². The fourth-order valence-corrected chi connectivity index (χ4v) is 5.32. The standard InChI is InChI=1S/C22H21N3O3S/c1-16-12-19-13-18(22(26)24-15-17-6-5-11-23-14-17)9-10-21(19)25(16)29(27,28)20-7-3-2-4-8-20/h2-11,13-14,16H,12,15H2,1H3,(H,24,26)/t16-/m0/s1. The van der Waals surface area contributed by atoms with Gasteiger partial charge < -0.3 is 5.32 Å². The van der Waals surface area contributed by atoms with Crippen LogP contribution in [0.1, 0.15) is 28.4 Å². The molecule has 0 saturated heterocycles. The van der Waals surface area contributed by atoms with Crippen molar-refractivity contribution in [3.05, 3.63) is 89.7 Å². The number of carbonyl (C=O) groups is 1. The van der Waals surface area contributed by atoms with Crippen LogP contribution in [0.4, 0.5) is 5.69 Å². The number of hydrogen-bond donors (Lipinski definition) is 1. The van der Waals surface area contributed by atoms with E-state index in [0.29, 0.717) is 24.2 Å². The van der Waals surface area contributed by atoms with Crippen LogP contribution in [0.3, 0.4) is 0 Å². The zero-order valence-electron chi connectivity index (χ0n) is 15.9. The highest BCUT2D eigenvalue weighted by Gasteiger charge is 2.36. The van der Waals surface area contributed by atoms with Crippen LogP contribution in [0.25, 0.3) is 0 Å². The van der Waals surface area contributed by atoms with Gasteiger partial charge in [-0.25, -0.2) is 8.42 Å². The van der Waals surface area contributed by atoms with Crippen LogP contribution in [0, 0.1) is 0 Å². The van der Waals surface area contributed by atoms with E-state index in [1.165, 1.54) is 4.31 Å². The molecule has 4 rings (SSSR count). The third-order valence-electron chi connectivity index (χ3n) is 4.97. The van der Waals surface area contributed by atoms with Gasteiger partial charge in [-0.15, -0.1) is 0 Å². The molecule has 1 N–H and O–H groups in total. The first-order valence-electron chi connectivity index (χ1n) is 9.36. The minimum absolute atomic E-state index is 0.200. The van der Waals surface area contributed by atoms with Gasteiger partial charge in [0.2, 0.25) is 0 Å². The molecule has 6 nitrogen and oxygen atoms in total. The van der Waals surface area contributed by atoms with Crippen LogP contribution in [0.15, 0.2) is 78.0 Å². The van der Waals surface area contributed by atoms with E-state index in [4.69, 9.17) is 0 Å². The Morgan fingerprint density at radius 2 is 1.93 bits per heavy atom. The average Bonchev–Trinajstić information content (AvgIpc) is 3.09. The topological polar surface area (TPSA) is 79.4 Å². The van der Waals surface area contributed by atoms with Crippen LogP contribution in [0.5, 0.6) is 0 Å². The molecule has 0 unspecified atom stereocenters. The summed E-state index contributed by atoms with van der Waals surface area (Å²) in [5.41, 5.74) is 2.91. The van der Waals surface area contributed by atoms with E-state index in [1.807, 2.05) is 19.1 Å². The van der Waals surface area contributed by atoms with Gasteiger partial charge in [-0.2, -0.15) is 0 Å². The van der Waals surface area contributed by atoms with Gasteiger partial charge in [0.1, 0.15) is 0 Å². The maximum absolute atomic E-state index is 13.1. The van der Waals surface area contributed by atoms with Crippen molar-refractivity contribution in [2.45, 2.75) is 30.8 Å². The Morgan fingerprint density at radius 3 is 2.66 bits per heavy atom. The molecule has 0 spiro atoms. The van der Waals surface area contributed by atoms with Crippen molar-refractivity contribution in [1.29, 1.82) is 0 Å². The highest BCUT2D eigenvalue weighted by atomic mass is 32.2. The average molecular weight is 407 g/mol. The number of hydrogen-bond acceptors (Lipinski definition) is 4. The fraction of sp³-hybridized carbons (Fsp3) is 0.182. The van der Waals surface area contributed by atoms with Crippen LogP contribution in [0.2, 0.25) is 0 Å². The van der Waals surface area contributed by atoms with Crippen molar-refractivity contribution < 1.29 is 13.2 Å². The summed E-state index contributed by atoms with van der Waals surface area (Å²) in [6, 6.07) is 17.1. The van der Waals surface area contributed by atoms with Gasteiger partial charge in [-0.05, 0) is 60.9 Å². The minimum Gasteiger partial charge on any atom is -0.348 e. The summed E-state index contributed by atoms with van der Waals surface area (Å²) in [7, 11) is -3.65. The molecule has 29 heavy (non-hydrogen) atoms.